The molecule has 2 N–H and O–H groups in total. The molecule has 1 amide bonds. The van der Waals surface area contributed by atoms with Crippen molar-refractivity contribution >= 4 is 11.6 Å². The third kappa shape index (κ3) is 3.56. The van der Waals surface area contributed by atoms with Gasteiger partial charge < -0.3 is 15.1 Å². The van der Waals surface area contributed by atoms with Crippen LogP contribution in [0.3, 0.4) is 0 Å². The van der Waals surface area contributed by atoms with Gasteiger partial charge in [-0.05, 0) is 44.9 Å². The first kappa shape index (κ1) is 15.8. The molecule has 0 aromatic heterocycles. The zero-order valence-electron chi connectivity index (χ0n) is 13.7. The highest BCUT2D eigenvalue weighted by atomic mass is 16.2. The number of rotatable bonds is 4. The van der Waals surface area contributed by atoms with Crippen molar-refractivity contribution in [1.82, 2.24) is 5.32 Å². The minimum Gasteiger partial charge on any atom is -0.360 e. The van der Waals surface area contributed by atoms with Crippen LogP contribution in [0.5, 0.6) is 0 Å². The van der Waals surface area contributed by atoms with E-state index in [0.717, 1.165) is 26.2 Å². The van der Waals surface area contributed by atoms with E-state index in [1.165, 1.54) is 21.7 Å². The van der Waals surface area contributed by atoms with Gasteiger partial charge >= 0.3 is 0 Å². The number of carbonyl (C=O) groups is 1. The van der Waals surface area contributed by atoms with Crippen LogP contribution in [0.4, 0.5) is 5.69 Å². The van der Waals surface area contributed by atoms with E-state index in [4.69, 9.17) is 0 Å². The molecule has 4 nitrogen and oxygen atoms in total. The highest BCUT2D eigenvalue weighted by molar-refractivity contribution is 5.79. The Balaban J connectivity index is 1.97. The zero-order chi connectivity index (χ0) is 15.4. The number of aryl methyl sites for hydroxylation is 1. The number of likely N-dealkylation sites (N-methyl/N-ethyl adjacent to an activating group) is 1. The topological polar surface area (TPSA) is 36.8 Å². The average molecular weight is 290 g/mol. The Morgan fingerprint density at radius 1 is 1.33 bits per heavy atom. The van der Waals surface area contributed by atoms with E-state index in [1.807, 2.05) is 13.8 Å². The number of hydrogen-bond donors (Lipinski definition) is 2. The van der Waals surface area contributed by atoms with Crippen molar-refractivity contribution in [3.63, 3.8) is 0 Å². The number of benzene rings is 1. The Kier molecular flexibility index (Phi) is 5.23. The van der Waals surface area contributed by atoms with Crippen LogP contribution in [-0.4, -0.2) is 44.7 Å². The quantitative estimate of drug-likeness (QED) is 0.849. The molecule has 21 heavy (non-hydrogen) atoms. The first-order valence-electron chi connectivity index (χ1n) is 7.98. The van der Waals surface area contributed by atoms with Crippen molar-refractivity contribution in [2.24, 2.45) is 0 Å². The molecule has 4 heteroatoms. The van der Waals surface area contributed by atoms with E-state index in [1.54, 1.807) is 0 Å². The number of nitrogens with zero attached hydrogens (tertiary/aromatic N) is 1. The lowest BCUT2D eigenvalue weighted by Gasteiger charge is -2.36. The predicted octanol–water partition coefficient (Wildman–Crippen LogP) is 0.533. The molecule has 0 radical (unpaired) electrons. The van der Waals surface area contributed by atoms with Crippen molar-refractivity contribution in [2.75, 3.05) is 37.6 Å². The normalized spacial score (nSPS) is 17.6. The van der Waals surface area contributed by atoms with Crippen LogP contribution in [0, 0.1) is 13.8 Å². The molecule has 1 fully saturated rings. The van der Waals surface area contributed by atoms with Gasteiger partial charge in [0.05, 0.1) is 26.2 Å². The largest absolute Gasteiger partial charge is 0.360 e. The molecule has 1 aliphatic heterocycles. The second-order valence-electron chi connectivity index (χ2n) is 5.98. The Labute approximate surface area is 128 Å². The lowest BCUT2D eigenvalue weighted by molar-refractivity contribution is -0.914. The van der Waals surface area contributed by atoms with Crippen molar-refractivity contribution < 1.29 is 9.69 Å². The summed E-state index contributed by atoms with van der Waals surface area (Å²) in [4.78, 5) is 15.8. The lowest BCUT2D eigenvalue weighted by Crippen LogP contribution is -3.19. The molecule has 1 saturated heterocycles. The van der Waals surface area contributed by atoms with Crippen molar-refractivity contribution in [3.05, 3.63) is 29.3 Å². The summed E-state index contributed by atoms with van der Waals surface area (Å²) in [6.45, 7) is 13.2. The van der Waals surface area contributed by atoms with Gasteiger partial charge in [0, 0.05) is 12.2 Å². The molecule has 0 spiro atoms. The molecule has 0 unspecified atom stereocenters. The highest BCUT2D eigenvalue weighted by Gasteiger charge is 2.29. The minimum absolute atomic E-state index is 0.0470. The van der Waals surface area contributed by atoms with Crippen LogP contribution in [-0.2, 0) is 4.79 Å². The summed E-state index contributed by atoms with van der Waals surface area (Å²) >= 11 is 0. The Hall–Kier alpha value is -1.55. The third-order valence-electron chi connectivity index (χ3n) is 4.68. The molecule has 1 heterocycles. The molecule has 0 bridgehead atoms. The summed E-state index contributed by atoms with van der Waals surface area (Å²) in [7, 11) is 0. The average Bonchev–Trinajstić information content (AvgIpc) is 2.50. The van der Waals surface area contributed by atoms with E-state index in [2.05, 4.69) is 42.3 Å². The molecule has 116 valence electrons. The maximum absolute atomic E-state index is 11.9. The Bertz CT molecular complexity index is 493. The van der Waals surface area contributed by atoms with Gasteiger partial charge in [-0.1, -0.05) is 12.1 Å². The van der Waals surface area contributed by atoms with Gasteiger partial charge in [-0.15, -0.1) is 0 Å². The smallest absolute Gasteiger partial charge is 0.278 e. The summed E-state index contributed by atoms with van der Waals surface area (Å²) in [5.41, 5.74) is 4.07. The molecular formula is C17H28N3O+. The molecule has 2 rings (SSSR count). The second kappa shape index (κ2) is 6.94. The molecule has 1 aliphatic rings. The summed E-state index contributed by atoms with van der Waals surface area (Å²) < 4.78 is 0. The fourth-order valence-electron chi connectivity index (χ4n) is 3.06. The molecule has 0 saturated carbocycles. The number of carbonyl (C=O) groups excluding carboxylic acids is 1. The van der Waals surface area contributed by atoms with Crippen LogP contribution in [0.2, 0.25) is 0 Å². The monoisotopic (exact) mass is 290 g/mol. The van der Waals surface area contributed by atoms with Crippen molar-refractivity contribution in [3.8, 4) is 0 Å². The van der Waals surface area contributed by atoms with Crippen LogP contribution < -0.4 is 15.1 Å². The molecule has 0 aliphatic carbocycles. The number of nitrogens with one attached hydrogen (secondary N) is 2. The van der Waals surface area contributed by atoms with Gasteiger partial charge in [0.2, 0.25) is 0 Å². The molecular weight excluding hydrogens is 262 g/mol. The highest BCUT2D eigenvalue weighted by Crippen LogP contribution is 2.22. The number of amides is 1. The lowest BCUT2D eigenvalue weighted by atomic mass is 10.1. The van der Waals surface area contributed by atoms with E-state index >= 15 is 0 Å². The fraction of sp³-hybridized carbons (Fsp3) is 0.588. The number of quaternary nitrogens is 1. The van der Waals surface area contributed by atoms with Crippen LogP contribution in [0.1, 0.15) is 25.0 Å². The first-order valence-corrected chi connectivity index (χ1v) is 7.98. The minimum atomic E-state index is 0.0470. The maximum atomic E-state index is 11.9. The van der Waals surface area contributed by atoms with E-state index in [0.29, 0.717) is 6.54 Å². The second-order valence-corrected chi connectivity index (χ2v) is 5.98. The van der Waals surface area contributed by atoms with E-state index in [-0.39, 0.29) is 11.9 Å². The zero-order valence-corrected chi connectivity index (χ0v) is 13.7. The number of hydrogen-bond acceptors (Lipinski definition) is 2. The van der Waals surface area contributed by atoms with Crippen molar-refractivity contribution in [1.29, 1.82) is 0 Å². The van der Waals surface area contributed by atoms with Gasteiger partial charge in [-0.2, -0.15) is 0 Å². The Morgan fingerprint density at radius 3 is 2.62 bits per heavy atom. The van der Waals surface area contributed by atoms with Gasteiger partial charge in [0.15, 0.2) is 6.04 Å². The summed E-state index contributed by atoms with van der Waals surface area (Å²) in [6, 6.07) is 6.55. The van der Waals surface area contributed by atoms with E-state index in [9.17, 15) is 4.79 Å². The predicted molar refractivity (Wildman–Crippen MR) is 87.0 cm³/mol. The van der Waals surface area contributed by atoms with Gasteiger partial charge in [-0.3, -0.25) is 4.79 Å². The van der Waals surface area contributed by atoms with Crippen LogP contribution >= 0.6 is 0 Å². The number of piperazine rings is 1. The summed E-state index contributed by atoms with van der Waals surface area (Å²) in [5.74, 6) is 0.174. The van der Waals surface area contributed by atoms with E-state index < -0.39 is 0 Å². The molecule has 1 aromatic rings. The van der Waals surface area contributed by atoms with Gasteiger partial charge in [0.1, 0.15) is 0 Å². The third-order valence-corrected chi connectivity index (χ3v) is 4.68. The SMILES string of the molecule is CCNC(=O)[C@H](C)[NH+]1CCN(c2cccc(C)c2C)CC1. The summed E-state index contributed by atoms with van der Waals surface area (Å²) in [5, 5.41) is 2.93. The number of anilines is 1. The maximum Gasteiger partial charge on any atom is 0.278 e. The van der Waals surface area contributed by atoms with Crippen molar-refractivity contribution in [2.45, 2.75) is 33.7 Å². The van der Waals surface area contributed by atoms with Crippen LogP contribution in [0.15, 0.2) is 18.2 Å². The molecule has 1 aromatic carbocycles. The summed E-state index contributed by atoms with van der Waals surface area (Å²) in [6.07, 6.45) is 0. The fourth-order valence-corrected chi connectivity index (χ4v) is 3.06. The Morgan fingerprint density at radius 2 is 2.00 bits per heavy atom. The standard InChI is InChI=1S/C17H27N3O/c1-5-18-17(21)15(4)19-9-11-20(12-10-19)16-8-6-7-13(2)14(16)3/h6-8,15H,5,9-12H2,1-4H3,(H,18,21)/p+1/t15-/m0/s1. The first-order chi connectivity index (χ1) is 10.0. The van der Waals surface area contributed by atoms with Crippen LogP contribution in [0.25, 0.3) is 0 Å². The van der Waals surface area contributed by atoms with Gasteiger partial charge in [-0.25, -0.2) is 0 Å². The molecule has 1 atom stereocenters. The van der Waals surface area contributed by atoms with Gasteiger partial charge in [0.25, 0.3) is 5.91 Å².